The highest BCUT2D eigenvalue weighted by Crippen LogP contribution is 2.27. The lowest BCUT2D eigenvalue weighted by Gasteiger charge is -2.38. The van der Waals surface area contributed by atoms with Crippen molar-refractivity contribution in [1.82, 2.24) is 14.9 Å². The van der Waals surface area contributed by atoms with E-state index >= 15 is 0 Å². The topological polar surface area (TPSA) is 73.8 Å². The quantitative estimate of drug-likeness (QED) is 0.596. The van der Waals surface area contributed by atoms with E-state index in [2.05, 4.69) is 47.4 Å². The number of benzene rings is 1. The summed E-state index contributed by atoms with van der Waals surface area (Å²) < 4.78 is 16.5. The van der Waals surface area contributed by atoms with Gasteiger partial charge < -0.3 is 19.1 Å². The van der Waals surface area contributed by atoms with E-state index in [1.165, 1.54) is 4.90 Å². The molecular weight excluding hydrogens is 414 g/mol. The number of thioether (sulfide) groups is 1. The molecule has 4 rings (SSSR count). The van der Waals surface area contributed by atoms with Crippen LogP contribution in [0.3, 0.4) is 0 Å². The molecule has 0 N–H and O–H groups in total. The zero-order valence-corrected chi connectivity index (χ0v) is 18.9. The molecule has 7 nitrogen and oxygen atoms in total. The van der Waals surface area contributed by atoms with Crippen LogP contribution in [0.25, 0.3) is 11.3 Å². The lowest BCUT2D eigenvalue weighted by molar-refractivity contribution is -0.128. The molecule has 2 aliphatic heterocycles. The Kier molecular flexibility index (Phi) is 6.97. The monoisotopic (exact) mass is 443 g/mol. The van der Waals surface area contributed by atoms with Gasteiger partial charge in [0.25, 0.3) is 0 Å². The van der Waals surface area contributed by atoms with Gasteiger partial charge in [0.15, 0.2) is 0 Å². The molecule has 166 valence electrons. The summed E-state index contributed by atoms with van der Waals surface area (Å²) in [6, 6.07) is 8.26. The van der Waals surface area contributed by atoms with E-state index in [0.29, 0.717) is 51.3 Å². The molecule has 2 aromatic rings. The standard InChI is InChI=1S/C23H29N3O4S/c1-23(14-28-15-23)16-30-22(27)26-9-7-17(8-10-26)13-29-21-12-24-20(11-25-21)18-3-5-19(31-2)6-4-18/h3-6,11-12,17H,7-10,13-16H2,1-2H3. The van der Waals surface area contributed by atoms with Crippen molar-refractivity contribution in [2.45, 2.75) is 24.7 Å². The lowest BCUT2D eigenvalue weighted by atomic mass is 9.90. The fourth-order valence-electron chi connectivity index (χ4n) is 3.65. The van der Waals surface area contributed by atoms with Gasteiger partial charge in [0.05, 0.1) is 37.9 Å². The molecule has 3 heterocycles. The summed E-state index contributed by atoms with van der Waals surface area (Å²) in [6.07, 6.45) is 7.04. The maximum Gasteiger partial charge on any atom is 0.409 e. The van der Waals surface area contributed by atoms with Crippen LogP contribution in [0.15, 0.2) is 41.6 Å². The first-order valence-electron chi connectivity index (χ1n) is 10.6. The van der Waals surface area contributed by atoms with Crippen LogP contribution in [0.5, 0.6) is 5.88 Å². The Morgan fingerprint density at radius 3 is 2.52 bits per heavy atom. The van der Waals surface area contributed by atoms with E-state index in [-0.39, 0.29) is 11.5 Å². The van der Waals surface area contributed by atoms with Gasteiger partial charge in [-0.1, -0.05) is 19.1 Å². The number of hydrogen-bond donors (Lipinski definition) is 0. The molecule has 2 aliphatic rings. The largest absolute Gasteiger partial charge is 0.476 e. The van der Waals surface area contributed by atoms with Crippen LogP contribution in [0, 0.1) is 11.3 Å². The van der Waals surface area contributed by atoms with Gasteiger partial charge in [0.2, 0.25) is 5.88 Å². The maximum atomic E-state index is 12.3. The first-order valence-corrected chi connectivity index (χ1v) is 11.9. The number of carbonyl (C=O) groups is 1. The van der Waals surface area contributed by atoms with Crippen molar-refractivity contribution in [3.05, 3.63) is 36.7 Å². The maximum absolute atomic E-state index is 12.3. The number of ether oxygens (including phenoxy) is 3. The molecule has 0 atom stereocenters. The highest BCUT2D eigenvalue weighted by molar-refractivity contribution is 7.98. The third-order valence-corrected chi connectivity index (χ3v) is 6.54. The van der Waals surface area contributed by atoms with Gasteiger partial charge in [-0.25, -0.2) is 14.8 Å². The minimum Gasteiger partial charge on any atom is -0.476 e. The Hall–Kier alpha value is -2.32. The number of aromatic nitrogens is 2. The summed E-state index contributed by atoms with van der Waals surface area (Å²) in [5.41, 5.74) is 1.85. The molecular formula is C23H29N3O4S. The van der Waals surface area contributed by atoms with Crippen molar-refractivity contribution in [2.75, 3.05) is 45.8 Å². The smallest absolute Gasteiger partial charge is 0.409 e. The zero-order valence-electron chi connectivity index (χ0n) is 18.1. The van der Waals surface area contributed by atoms with Gasteiger partial charge in [-0.3, -0.25) is 0 Å². The van der Waals surface area contributed by atoms with Gasteiger partial charge in [-0.2, -0.15) is 0 Å². The van der Waals surface area contributed by atoms with Crippen molar-refractivity contribution in [1.29, 1.82) is 0 Å². The lowest BCUT2D eigenvalue weighted by Crippen LogP contribution is -2.46. The second-order valence-electron chi connectivity index (χ2n) is 8.57. The highest BCUT2D eigenvalue weighted by atomic mass is 32.2. The van der Waals surface area contributed by atoms with Crippen LogP contribution in [0.1, 0.15) is 19.8 Å². The summed E-state index contributed by atoms with van der Waals surface area (Å²) in [5, 5.41) is 0. The Morgan fingerprint density at radius 2 is 1.94 bits per heavy atom. The Morgan fingerprint density at radius 1 is 1.19 bits per heavy atom. The van der Waals surface area contributed by atoms with Crippen LogP contribution in [-0.2, 0) is 9.47 Å². The molecule has 0 radical (unpaired) electrons. The number of hydrogen-bond acceptors (Lipinski definition) is 7. The predicted molar refractivity (Wildman–Crippen MR) is 119 cm³/mol. The molecule has 0 bridgehead atoms. The van der Waals surface area contributed by atoms with Crippen molar-refractivity contribution >= 4 is 17.9 Å². The molecule has 1 aromatic carbocycles. The summed E-state index contributed by atoms with van der Waals surface area (Å²) in [4.78, 5) is 24.2. The molecule has 0 saturated carbocycles. The van der Waals surface area contributed by atoms with E-state index in [1.54, 1.807) is 29.1 Å². The van der Waals surface area contributed by atoms with E-state index < -0.39 is 0 Å². The summed E-state index contributed by atoms with van der Waals surface area (Å²) in [7, 11) is 0. The molecule has 8 heteroatoms. The summed E-state index contributed by atoms with van der Waals surface area (Å²) in [6.45, 7) is 5.78. The summed E-state index contributed by atoms with van der Waals surface area (Å²) >= 11 is 1.71. The molecule has 1 aromatic heterocycles. The van der Waals surface area contributed by atoms with Crippen LogP contribution >= 0.6 is 11.8 Å². The third-order valence-electron chi connectivity index (χ3n) is 5.80. The number of nitrogens with zero attached hydrogens (tertiary/aromatic N) is 3. The first kappa shape index (κ1) is 21.9. The molecule has 0 aliphatic carbocycles. The van der Waals surface area contributed by atoms with E-state index in [1.807, 2.05) is 0 Å². The number of amides is 1. The average molecular weight is 444 g/mol. The van der Waals surface area contributed by atoms with E-state index in [9.17, 15) is 4.79 Å². The minimum absolute atomic E-state index is 0.0174. The van der Waals surface area contributed by atoms with Gasteiger partial charge in [-0.05, 0) is 37.1 Å². The van der Waals surface area contributed by atoms with Crippen LogP contribution in [-0.4, -0.2) is 66.7 Å². The molecule has 0 unspecified atom stereocenters. The Bertz CT molecular complexity index is 863. The van der Waals surface area contributed by atoms with Gasteiger partial charge in [0, 0.05) is 29.0 Å². The van der Waals surface area contributed by atoms with Crippen LogP contribution in [0.4, 0.5) is 4.79 Å². The number of piperidine rings is 1. The van der Waals surface area contributed by atoms with Crippen LogP contribution in [0.2, 0.25) is 0 Å². The highest BCUT2D eigenvalue weighted by Gasteiger charge is 2.35. The SMILES string of the molecule is CSc1ccc(-c2cnc(OCC3CCN(C(=O)OCC4(C)COC4)CC3)cn2)cc1. The number of carbonyl (C=O) groups excluding carboxylic acids is 1. The molecule has 2 fully saturated rings. The van der Waals surface area contributed by atoms with Crippen molar-refractivity contribution in [3.8, 4) is 17.1 Å². The second kappa shape index (κ2) is 9.87. The minimum atomic E-state index is -0.223. The third kappa shape index (κ3) is 5.68. The second-order valence-corrected chi connectivity index (χ2v) is 9.45. The Balaban J connectivity index is 1.19. The fraction of sp³-hybridized carbons (Fsp3) is 0.522. The molecule has 1 amide bonds. The van der Waals surface area contributed by atoms with Crippen molar-refractivity contribution in [2.24, 2.45) is 11.3 Å². The van der Waals surface area contributed by atoms with Gasteiger partial charge in [0.1, 0.15) is 6.61 Å². The molecule has 0 spiro atoms. The van der Waals surface area contributed by atoms with Crippen LogP contribution < -0.4 is 4.74 Å². The normalized spacial score (nSPS) is 18.3. The number of likely N-dealkylation sites (tertiary alicyclic amines) is 1. The molecule has 31 heavy (non-hydrogen) atoms. The fourth-order valence-corrected chi connectivity index (χ4v) is 4.06. The van der Waals surface area contributed by atoms with Gasteiger partial charge >= 0.3 is 6.09 Å². The molecule has 2 saturated heterocycles. The van der Waals surface area contributed by atoms with E-state index in [4.69, 9.17) is 14.2 Å². The summed E-state index contributed by atoms with van der Waals surface area (Å²) in [5.74, 6) is 0.921. The predicted octanol–water partition coefficient (Wildman–Crippen LogP) is 4.13. The Labute approximate surface area is 187 Å². The van der Waals surface area contributed by atoms with E-state index in [0.717, 1.165) is 24.1 Å². The van der Waals surface area contributed by atoms with Gasteiger partial charge in [-0.15, -0.1) is 11.8 Å². The van der Waals surface area contributed by atoms with Crippen molar-refractivity contribution < 1.29 is 19.0 Å². The van der Waals surface area contributed by atoms with Crippen molar-refractivity contribution in [3.63, 3.8) is 0 Å². The average Bonchev–Trinajstić information content (AvgIpc) is 2.81. The first-order chi connectivity index (χ1) is 15.0. The zero-order chi connectivity index (χ0) is 21.7. The number of rotatable bonds is 7.